The van der Waals surface area contributed by atoms with Gasteiger partial charge in [-0.1, -0.05) is 29.8 Å². The third-order valence-corrected chi connectivity index (χ3v) is 3.97. The first kappa shape index (κ1) is 14.3. The highest BCUT2D eigenvalue weighted by molar-refractivity contribution is 7.89. The number of benzene rings is 1. The van der Waals surface area contributed by atoms with Gasteiger partial charge in [-0.25, -0.2) is 18.5 Å². The van der Waals surface area contributed by atoms with Gasteiger partial charge in [0.05, 0.1) is 5.56 Å². The van der Waals surface area contributed by atoms with Gasteiger partial charge in [0, 0.05) is 6.20 Å². The maximum Gasteiger partial charge on any atom is 0.256 e. The second-order valence-corrected chi connectivity index (χ2v) is 6.16. The number of aryl methyl sites for hydroxylation is 1. The van der Waals surface area contributed by atoms with E-state index < -0.39 is 10.0 Å². The molecule has 0 amide bonds. The number of sulfonamides is 1. The number of nitrogens with two attached hydrogens (primary N) is 1. The monoisotopic (exact) mass is 316 g/mol. The van der Waals surface area contributed by atoms with Crippen LogP contribution < -0.4 is 5.14 Å². The molecule has 2 aromatic heterocycles. The molecule has 0 unspecified atom stereocenters. The number of pyridine rings is 1. The Morgan fingerprint density at radius 2 is 1.86 bits per heavy atom. The fourth-order valence-electron chi connectivity index (χ4n) is 2.12. The highest BCUT2D eigenvalue weighted by Crippen LogP contribution is 2.33. The Morgan fingerprint density at radius 3 is 2.45 bits per heavy atom. The lowest BCUT2D eigenvalue weighted by atomic mass is 10.0. The zero-order chi connectivity index (χ0) is 15.7. The van der Waals surface area contributed by atoms with Gasteiger partial charge in [-0.15, -0.1) is 10.2 Å². The van der Waals surface area contributed by atoms with Crippen LogP contribution in [0.25, 0.3) is 22.5 Å². The van der Waals surface area contributed by atoms with Crippen molar-refractivity contribution in [2.24, 2.45) is 5.14 Å². The third-order valence-electron chi connectivity index (χ3n) is 3.12. The van der Waals surface area contributed by atoms with Crippen molar-refractivity contribution in [3.8, 4) is 22.5 Å². The highest BCUT2D eigenvalue weighted by Gasteiger charge is 2.23. The van der Waals surface area contributed by atoms with Gasteiger partial charge in [0.25, 0.3) is 10.0 Å². The summed E-state index contributed by atoms with van der Waals surface area (Å²) in [5, 5.41) is 18.5. The van der Waals surface area contributed by atoms with E-state index in [1.54, 1.807) is 6.07 Å². The van der Waals surface area contributed by atoms with E-state index >= 15 is 0 Å². The van der Waals surface area contributed by atoms with E-state index in [0.717, 1.165) is 11.1 Å². The van der Waals surface area contributed by atoms with Crippen molar-refractivity contribution in [2.75, 3.05) is 0 Å². The molecule has 9 heteroatoms. The van der Waals surface area contributed by atoms with Crippen LogP contribution in [0.5, 0.6) is 0 Å². The first-order chi connectivity index (χ1) is 10.5. The smallest absolute Gasteiger partial charge is 0.243 e. The van der Waals surface area contributed by atoms with Crippen LogP contribution >= 0.6 is 0 Å². The van der Waals surface area contributed by atoms with E-state index in [-0.39, 0.29) is 16.4 Å². The topological polar surface area (TPSA) is 128 Å². The molecular formula is C13H12N6O2S. The van der Waals surface area contributed by atoms with Crippen molar-refractivity contribution in [3.63, 3.8) is 0 Å². The van der Waals surface area contributed by atoms with Gasteiger partial charge in [0.1, 0.15) is 0 Å². The van der Waals surface area contributed by atoms with Crippen molar-refractivity contribution >= 4 is 10.0 Å². The first-order valence-corrected chi connectivity index (χ1v) is 7.84. The summed E-state index contributed by atoms with van der Waals surface area (Å²) >= 11 is 0. The van der Waals surface area contributed by atoms with Crippen molar-refractivity contribution < 1.29 is 8.42 Å². The van der Waals surface area contributed by atoms with Crippen LogP contribution in [0.3, 0.4) is 0 Å². The lowest BCUT2D eigenvalue weighted by Gasteiger charge is -2.10. The highest BCUT2D eigenvalue weighted by atomic mass is 32.2. The van der Waals surface area contributed by atoms with E-state index in [2.05, 4.69) is 25.6 Å². The summed E-state index contributed by atoms with van der Waals surface area (Å²) in [6.07, 6.45) is 1.39. The molecule has 0 saturated carbocycles. The number of aromatic nitrogens is 5. The maximum absolute atomic E-state index is 11.8. The van der Waals surface area contributed by atoms with Crippen molar-refractivity contribution in [3.05, 3.63) is 42.1 Å². The molecule has 0 aliphatic heterocycles. The molecule has 0 fully saturated rings. The van der Waals surface area contributed by atoms with Crippen LogP contribution in [0.4, 0.5) is 0 Å². The zero-order valence-corrected chi connectivity index (χ0v) is 12.4. The van der Waals surface area contributed by atoms with Crippen molar-refractivity contribution in [1.82, 2.24) is 25.6 Å². The second kappa shape index (κ2) is 5.28. The number of hydrogen-bond donors (Lipinski definition) is 2. The molecular weight excluding hydrogens is 304 g/mol. The van der Waals surface area contributed by atoms with Gasteiger partial charge in [-0.3, -0.25) is 0 Å². The number of nitrogens with one attached hydrogen (secondary N) is 1. The van der Waals surface area contributed by atoms with Crippen LogP contribution in [-0.2, 0) is 10.0 Å². The molecule has 2 heterocycles. The van der Waals surface area contributed by atoms with Gasteiger partial charge in [-0.2, -0.15) is 5.21 Å². The minimum absolute atomic E-state index is 0.118. The normalized spacial score (nSPS) is 11.5. The molecule has 0 aliphatic carbocycles. The van der Waals surface area contributed by atoms with Crippen LogP contribution in [0.15, 0.2) is 41.6 Å². The van der Waals surface area contributed by atoms with Gasteiger partial charge >= 0.3 is 0 Å². The van der Waals surface area contributed by atoms with Crippen LogP contribution in [0, 0.1) is 6.92 Å². The number of H-pyrrole nitrogens is 1. The Balaban J connectivity index is 2.34. The fraction of sp³-hybridized carbons (Fsp3) is 0.0769. The maximum atomic E-state index is 11.8. The largest absolute Gasteiger partial charge is 0.256 e. The SMILES string of the molecule is Cc1ccc(-c2ccnc(S(N)(=O)=O)c2-c2nn[nH]n2)cc1. The minimum atomic E-state index is -4.03. The van der Waals surface area contributed by atoms with Crippen LogP contribution in [0.1, 0.15) is 5.56 Å². The summed E-state index contributed by atoms with van der Waals surface area (Å²) in [7, 11) is -4.03. The number of tetrazole rings is 1. The molecule has 0 spiro atoms. The Kier molecular flexibility index (Phi) is 3.43. The lowest BCUT2D eigenvalue weighted by Crippen LogP contribution is -2.16. The molecule has 112 valence electrons. The average molecular weight is 316 g/mol. The molecule has 0 saturated heterocycles. The summed E-state index contributed by atoms with van der Waals surface area (Å²) in [5.74, 6) is 0.118. The molecule has 3 aromatic rings. The fourth-order valence-corrected chi connectivity index (χ4v) is 2.81. The Hall–Kier alpha value is -2.65. The number of aromatic amines is 1. The number of nitrogens with zero attached hydrogens (tertiary/aromatic N) is 4. The average Bonchev–Trinajstić information content (AvgIpc) is 3.00. The molecule has 3 N–H and O–H groups in total. The molecule has 22 heavy (non-hydrogen) atoms. The van der Waals surface area contributed by atoms with Gasteiger partial charge in [0.15, 0.2) is 5.03 Å². The number of hydrogen-bond acceptors (Lipinski definition) is 6. The molecule has 8 nitrogen and oxygen atoms in total. The summed E-state index contributed by atoms with van der Waals surface area (Å²) < 4.78 is 23.6. The predicted octanol–water partition coefficient (Wildman–Crippen LogP) is 0.885. The van der Waals surface area contributed by atoms with Gasteiger partial charge < -0.3 is 0 Å². The van der Waals surface area contributed by atoms with Crippen LogP contribution in [-0.4, -0.2) is 34.0 Å². The van der Waals surface area contributed by atoms with Crippen molar-refractivity contribution in [1.29, 1.82) is 0 Å². The van der Waals surface area contributed by atoms with Gasteiger partial charge in [0.2, 0.25) is 5.82 Å². The van der Waals surface area contributed by atoms with E-state index in [0.29, 0.717) is 5.56 Å². The minimum Gasteiger partial charge on any atom is -0.243 e. The van der Waals surface area contributed by atoms with E-state index in [1.165, 1.54) is 6.20 Å². The lowest BCUT2D eigenvalue weighted by molar-refractivity contribution is 0.594. The predicted molar refractivity (Wildman–Crippen MR) is 79.0 cm³/mol. The van der Waals surface area contributed by atoms with Gasteiger partial charge in [-0.05, 0) is 29.3 Å². The zero-order valence-electron chi connectivity index (χ0n) is 11.6. The molecule has 0 aliphatic rings. The van der Waals surface area contributed by atoms with E-state index in [4.69, 9.17) is 5.14 Å². The molecule has 0 bridgehead atoms. The van der Waals surface area contributed by atoms with E-state index in [1.807, 2.05) is 31.2 Å². The number of rotatable bonds is 3. The van der Waals surface area contributed by atoms with E-state index in [9.17, 15) is 8.42 Å². The molecule has 0 radical (unpaired) electrons. The molecule has 3 rings (SSSR count). The Labute approximate surface area is 126 Å². The first-order valence-electron chi connectivity index (χ1n) is 6.29. The number of primary sulfonamides is 1. The summed E-state index contributed by atoms with van der Waals surface area (Å²) in [5.41, 5.74) is 2.73. The summed E-state index contributed by atoms with van der Waals surface area (Å²) in [6.45, 7) is 1.96. The summed E-state index contributed by atoms with van der Waals surface area (Å²) in [4.78, 5) is 3.88. The quantitative estimate of drug-likeness (QED) is 0.738. The molecule has 1 aromatic carbocycles. The Bertz CT molecular complexity index is 904. The Morgan fingerprint density at radius 1 is 1.14 bits per heavy atom. The summed E-state index contributed by atoms with van der Waals surface area (Å²) in [6, 6.07) is 9.28. The van der Waals surface area contributed by atoms with Crippen LogP contribution in [0.2, 0.25) is 0 Å². The van der Waals surface area contributed by atoms with Crippen molar-refractivity contribution in [2.45, 2.75) is 11.9 Å². The second-order valence-electron chi connectivity index (χ2n) is 4.69. The standard InChI is InChI=1S/C13H12N6O2S/c1-8-2-4-9(5-3-8)10-6-7-15-13(22(14,20)21)11(10)12-16-18-19-17-12/h2-7H,1H3,(H2,14,20,21)(H,16,17,18,19). The molecule has 0 atom stereocenters. The third kappa shape index (κ3) is 2.59.